The van der Waals surface area contributed by atoms with E-state index in [4.69, 9.17) is 0 Å². The van der Waals surface area contributed by atoms with E-state index in [0.717, 1.165) is 0 Å². The summed E-state index contributed by atoms with van der Waals surface area (Å²) in [6, 6.07) is 0. The summed E-state index contributed by atoms with van der Waals surface area (Å²) in [6.07, 6.45) is 0. The second kappa shape index (κ2) is 127. The van der Waals surface area contributed by atoms with Crippen LogP contribution in [0.2, 0.25) is 0 Å². The summed E-state index contributed by atoms with van der Waals surface area (Å²) in [7, 11) is 0. The average Bonchev–Trinajstić information content (AvgIpc) is 0. The third kappa shape index (κ3) is 102. The summed E-state index contributed by atoms with van der Waals surface area (Å²) in [6.45, 7) is 0. The van der Waals surface area contributed by atoms with Crippen LogP contribution in [0.4, 0.5) is 0 Å². The van der Waals surface area contributed by atoms with Crippen molar-refractivity contribution in [2.45, 2.75) is 0 Å². The normalized spacial score (nSPS) is 0. The smallest absolute Gasteiger partial charge is 0 e. The van der Waals surface area contributed by atoms with Gasteiger partial charge >= 0.3 is 0 Å². The van der Waals surface area contributed by atoms with Gasteiger partial charge in [-0.1, -0.05) is 0 Å². The molecule has 0 heterocycles. The second-order valence-corrected chi connectivity index (χ2v) is 0. The van der Waals surface area contributed by atoms with Crippen molar-refractivity contribution in [3.05, 3.63) is 0 Å². The van der Waals surface area contributed by atoms with E-state index >= 15 is 0 Å². The summed E-state index contributed by atoms with van der Waals surface area (Å²) in [4.78, 5) is 0. The molecule has 0 rings (SSSR count). The third-order valence-corrected chi connectivity index (χ3v) is 0. The van der Waals surface area contributed by atoms with Crippen molar-refractivity contribution in [1.82, 2.24) is 0 Å². The molecule has 0 saturated heterocycles. The summed E-state index contributed by atoms with van der Waals surface area (Å²) in [5.74, 6) is 0. The molecule has 0 aliphatic heterocycles. The molecule has 0 spiro atoms. The van der Waals surface area contributed by atoms with Gasteiger partial charge in [0.05, 0.1) is 0 Å². The van der Waals surface area contributed by atoms with Crippen molar-refractivity contribution in [3.8, 4) is 0 Å². The Balaban J connectivity index is 0. The number of rotatable bonds is 0. The molecule has 9 heavy (non-hydrogen) atoms. The van der Waals surface area contributed by atoms with Crippen molar-refractivity contribution in [1.29, 1.82) is 0 Å². The van der Waals surface area contributed by atoms with Crippen LogP contribution in [0.25, 0.3) is 0 Å². The van der Waals surface area contributed by atoms with Crippen molar-refractivity contribution in [2.75, 3.05) is 0 Å². The molecule has 0 nitrogen and oxygen atoms in total. The Morgan fingerprint density at radius 2 is 0.222 bits per heavy atom. The Labute approximate surface area is 117 Å². The maximum atomic E-state index is 0. The predicted molar refractivity (Wildman–Crippen MR) is 58.0 cm³/mol. The maximum absolute atomic E-state index is 0. The van der Waals surface area contributed by atoms with Gasteiger partial charge in [-0.05, 0) is 0 Å². The first-order valence-corrected chi connectivity index (χ1v) is 0. The van der Waals surface area contributed by atoms with Crippen LogP contribution >= 0.6 is 99.3 Å². The molecule has 0 amide bonds. The molecule has 0 fully saturated rings. The standard InChI is InChI=1S/8ClH.V/h8*1H;. The SMILES string of the molecule is Cl.Cl.Cl.Cl.Cl.Cl.Cl.Cl.[V]. The van der Waals surface area contributed by atoms with E-state index in [-0.39, 0.29) is 118 Å². The molecule has 0 aromatic rings. The Morgan fingerprint density at radius 3 is 0.222 bits per heavy atom. The van der Waals surface area contributed by atoms with Crippen LogP contribution in [-0.4, -0.2) is 0 Å². The fourth-order valence-corrected chi connectivity index (χ4v) is 0. The molecule has 0 aliphatic rings. The van der Waals surface area contributed by atoms with E-state index in [2.05, 4.69) is 0 Å². The Bertz CT molecular complexity index is 4.53. The first-order chi connectivity index (χ1) is 0. The average molecular weight is 343 g/mol. The van der Waals surface area contributed by atoms with E-state index in [1.165, 1.54) is 0 Å². The number of hydrogen-bond donors (Lipinski definition) is 0. The second-order valence-electron chi connectivity index (χ2n) is 0. The van der Waals surface area contributed by atoms with Gasteiger partial charge in [0.1, 0.15) is 0 Å². The molecule has 0 aliphatic carbocycles. The van der Waals surface area contributed by atoms with Crippen molar-refractivity contribution in [3.63, 3.8) is 0 Å². The Morgan fingerprint density at radius 1 is 0.222 bits per heavy atom. The monoisotopic (exact) mass is 339 g/mol. The molecule has 69 valence electrons. The van der Waals surface area contributed by atoms with Crippen LogP contribution in [0, 0.1) is 0 Å². The molecule has 1 radical (unpaired) electrons. The summed E-state index contributed by atoms with van der Waals surface area (Å²) in [5, 5.41) is 0. The van der Waals surface area contributed by atoms with Gasteiger partial charge in [0.25, 0.3) is 0 Å². The minimum atomic E-state index is 0. The van der Waals surface area contributed by atoms with E-state index in [1.807, 2.05) is 0 Å². The van der Waals surface area contributed by atoms with Gasteiger partial charge in [-0.25, -0.2) is 0 Å². The summed E-state index contributed by atoms with van der Waals surface area (Å²) >= 11 is 0. The molecular formula is H8Cl8V. The third-order valence-electron chi connectivity index (χ3n) is 0. The molecule has 0 bridgehead atoms. The van der Waals surface area contributed by atoms with E-state index in [9.17, 15) is 0 Å². The van der Waals surface area contributed by atoms with Gasteiger partial charge < -0.3 is 0 Å². The Hall–Kier alpha value is 2.90. The molecule has 0 aromatic carbocycles. The zero-order chi connectivity index (χ0) is 0. The minimum absolute atomic E-state index is 0. The van der Waals surface area contributed by atoms with Crippen LogP contribution in [0.15, 0.2) is 0 Å². The molecule has 0 atom stereocenters. The Kier molecular flexibility index (Phi) is 2360. The van der Waals surface area contributed by atoms with Crippen molar-refractivity contribution >= 4 is 99.3 Å². The molecule has 0 aromatic heterocycles. The molecule has 9 heteroatoms. The van der Waals surface area contributed by atoms with Crippen molar-refractivity contribution < 1.29 is 18.6 Å². The quantitative estimate of drug-likeness (QED) is 0.633. The topological polar surface area (TPSA) is 0 Å². The van der Waals surface area contributed by atoms with Crippen LogP contribution in [0.1, 0.15) is 0 Å². The van der Waals surface area contributed by atoms with Crippen LogP contribution in [0.5, 0.6) is 0 Å². The zero-order valence-corrected chi connectivity index (χ0v) is 11.6. The minimum Gasteiger partial charge on any atom is -0.147 e. The predicted octanol–water partition coefficient (Wildman–Crippen LogP) is 3.37. The van der Waals surface area contributed by atoms with Gasteiger partial charge in [0, 0.05) is 18.6 Å². The van der Waals surface area contributed by atoms with Crippen LogP contribution < -0.4 is 0 Å². The fraction of sp³-hybridized carbons (Fsp3) is 0. The molecule has 0 saturated carbocycles. The molecule has 0 unspecified atom stereocenters. The van der Waals surface area contributed by atoms with E-state index in [1.54, 1.807) is 0 Å². The number of hydrogen-bond acceptors (Lipinski definition) is 0. The largest absolute Gasteiger partial charge is 0.147 e. The van der Waals surface area contributed by atoms with E-state index < -0.39 is 0 Å². The molecular weight excluding hydrogens is 335 g/mol. The van der Waals surface area contributed by atoms with Crippen LogP contribution in [0.3, 0.4) is 0 Å². The van der Waals surface area contributed by atoms with Gasteiger partial charge in [0.2, 0.25) is 0 Å². The first-order valence-electron chi connectivity index (χ1n) is 0. The van der Waals surface area contributed by atoms with Crippen molar-refractivity contribution in [2.24, 2.45) is 0 Å². The summed E-state index contributed by atoms with van der Waals surface area (Å²) < 4.78 is 0. The van der Waals surface area contributed by atoms with Gasteiger partial charge in [-0.15, -0.1) is 99.3 Å². The van der Waals surface area contributed by atoms with Gasteiger partial charge in [0.15, 0.2) is 0 Å². The number of halogens is 8. The van der Waals surface area contributed by atoms with Crippen LogP contribution in [-0.2, 0) is 18.6 Å². The van der Waals surface area contributed by atoms with Gasteiger partial charge in [-0.2, -0.15) is 0 Å². The molecule has 0 N–H and O–H groups in total. The van der Waals surface area contributed by atoms with Gasteiger partial charge in [-0.3, -0.25) is 0 Å². The summed E-state index contributed by atoms with van der Waals surface area (Å²) in [5.41, 5.74) is 0. The maximum Gasteiger partial charge on any atom is 0 e. The fourth-order valence-electron chi connectivity index (χ4n) is 0. The van der Waals surface area contributed by atoms with E-state index in [0.29, 0.717) is 0 Å². The zero-order valence-electron chi connectivity index (χ0n) is 3.71. The first kappa shape index (κ1) is 168.